The van der Waals surface area contributed by atoms with E-state index in [4.69, 9.17) is 0 Å². The number of nitrogens with zero attached hydrogens (tertiary/aromatic N) is 3. The average Bonchev–Trinajstić information content (AvgIpc) is 3.42. The maximum Gasteiger partial charge on any atom is 0.258 e. The van der Waals surface area contributed by atoms with Crippen molar-refractivity contribution in [3.63, 3.8) is 0 Å². The van der Waals surface area contributed by atoms with Crippen LogP contribution in [0, 0.1) is 12.8 Å². The van der Waals surface area contributed by atoms with Gasteiger partial charge in [-0.1, -0.05) is 18.7 Å². The molecule has 2 aliphatic heterocycles. The number of hydrogen-bond acceptors (Lipinski definition) is 5. The predicted octanol–water partition coefficient (Wildman–Crippen LogP) is 3.42. The summed E-state index contributed by atoms with van der Waals surface area (Å²) in [5.74, 6) is -0.197. The number of benzene rings is 2. The fraction of sp³-hybridized carbons (Fsp3) is 0.385. The van der Waals surface area contributed by atoms with Crippen LogP contribution in [-0.4, -0.2) is 58.5 Å². The lowest BCUT2D eigenvalue weighted by Gasteiger charge is -2.25. The van der Waals surface area contributed by atoms with Gasteiger partial charge in [0.05, 0.1) is 5.56 Å². The molecule has 0 saturated carbocycles. The van der Waals surface area contributed by atoms with Gasteiger partial charge >= 0.3 is 0 Å². The van der Waals surface area contributed by atoms with Gasteiger partial charge in [0, 0.05) is 43.5 Å². The SMILES string of the molecule is C=CC(=O)N(CCC1CCN(C)C1)c1cccc2c1CN(C(=O)c1cc(C)c(O)cc1O)C2. The standard InChI is InChI=1S/C26H31N3O4/c1-4-25(32)29(11-9-18-8-10-27(3)14-18)22-7-5-6-19-15-28(16-21(19)22)26(33)20-12-17(2)23(30)13-24(20)31/h4-7,12-13,18,30-31H,1,8-11,14-16H2,2-3H3. The number of aryl methyl sites for hydroxylation is 1. The number of likely N-dealkylation sites (tertiary alicyclic amines) is 1. The monoisotopic (exact) mass is 449 g/mol. The number of carbonyl (C=O) groups is 2. The van der Waals surface area contributed by atoms with Crippen LogP contribution in [0.5, 0.6) is 11.5 Å². The highest BCUT2D eigenvalue weighted by Gasteiger charge is 2.30. The van der Waals surface area contributed by atoms with Gasteiger partial charge in [-0.05, 0) is 68.6 Å². The molecule has 0 radical (unpaired) electrons. The van der Waals surface area contributed by atoms with Crippen LogP contribution in [0.25, 0.3) is 0 Å². The van der Waals surface area contributed by atoms with Gasteiger partial charge in [0.2, 0.25) is 5.91 Å². The number of aromatic hydroxyl groups is 2. The van der Waals surface area contributed by atoms with Crippen LogP contribution in [0.4, 0.5) is 5.69 Å². The highest BCUT2D eigenvalue weighted by atomic mass is 16.3. The summed E-state index contributed by atoms with van der Waals surface area (Å²) < 4.78 is 0. The van der Waals surface area contributed by atoms with Crippen molar-refractivity contribution in [2.24, 2.45) is 5.92 Å². The van der Waals surface area contributed by atoms with Crippen molar-refractivity contribution < 1.29 is 19.8 Å². The summed E-state index contributed by atoms with van der Waals surface area (Å²) in [6, 6.07) is 8.51. The van der Waals surface area contributed by atoms with E-state index in [0.29, 0.717) is 31.1 Å². The summed E-state index contributed by atoms with van der Waals surface area (Å²) in [7, 11) is 2.12. The van der Waals surface area contributed by atoms with Crippen molar-refractivity contribution in [2.45, 2.75) is 32.9 Å². The van der Waals surface area contributed by atoms with Gasteiger partial charge in [-0.2, -0.15) is 0 Å². The number of phenols is 2. The van der Waals surface area contributed by atoms with Crippen molar-refractivity contribution in [1.82, 2.24) is 9.80 Å². The Balaban J connectivity index is 1.57. The molecule has 0 aromatic heterocycles. The second-order valence-electron chi connectivity index (χ2n) is 9.13. The molecule has 0 bridgehead atoms. The zero-order valence-electron chi connectivity index (χ0n) is 19.3. The number of amides is 2. The quantitative estimate of drug-likeness (QED) is 0.660. The number of hydrogen-bond donors (Lipinski definition) is 2. The molecule has 1 fully saturated rings. The highest BCUT2D eigenvalue weighted by molar-refractivity contribution is 6.02. The Morgan fingerprint density at radius 2 is 2.00 bits per heavy atom. The zero-order valence-corrected chi connectivity index (χ0v) is 19.3. The second-order valence-corrected chi connectivity index (χ2v) is 9.13. The van der Waals surface area contributed by atoms with E-state index in [2.05, 4.69) is 18.5 Å². The van der Waals surface area contributed by atoms with Crippen LogP contribution in [0.3, 0.4) is 0 Å². The van der Waals surface area contributed by atoms with Crippen LogP contribution in [-0.2, 0) is 17.9 Å². The van der Waals surface area contributed by atoms with Crippen molar-refractivity contribution in [1.29, 1.82) is 0 Å². The molecule has 174 valence electrons. The van der Waals surface area contributed by atoms with E-state index in [1.807, 2.05) is 18.2 Å². The normalized spacial score (nSPS) is 17.8. The van der Waals surface area contributed by atoms with E-state index in [9.17, 15) is 19.8 Å². The van der Waals surface area contributed by atoms with E-state index < -0.39 is 0 Å². The first-order valence-electron chi connectivity index (χ1n) is 11.3. The number of rotatable bonds is 6. The Morgan fingerprint density at radius 3 is 2.70 bits per heavy atom. The zero-order chi connectivity index (χ0) is 23.7. The number of carbonyl (C=O) groups excluding carboxylic acids is 2. The van der Waals surface area contributed by atoms with Gasteiger partial charge in [-0.15, -0.1) is 0 Å². The molecule has 33 heavy (non-hydrogen) atoms. The summed E-state index contributed by atoms with van der Waals surface area (Å²) in [5, 5.41) is 20.0. The lowest BCUT2D eigenvalue weighted by Crippen LogP contribution is -2.33. The first kappa shape index (κ1) is 22.9. The van der Waals surface area contributed by atoms with Gasteiger partial charge in [-0.3, -0.25) is 9.59 Å². The maximum absolute atomic E-state index is 13.2. The maximum atomic E-state index is 13.2. The van der Waals surface area contributed by atoms with Crippen LogP contribution in [0.1, 0.15) is 39.9 Å². The van der Waals surface area contributed by atoms with Crippen molar-refractivity contribution in [2.75, 3.05) is 31.6 Å². The first-order chi connectivity index (χ1) is 15.8. The molecular formula is C26H31N3O4. The van der Waals surface area contributed by atoms with Crippen LogP contribution < -0.4 is 4.90 Å². The molecule has 2 aliphatic rings. The van der Waals surface area contributed by atoms with Crippen molar-refractivity contribution in [3.05, 3.63) is 65.2 Å². The van der Waals surface area contributed by atoms with Gasteiger partial charge in [0.15, 0.2) is 0 Å². The molecule has 2 aromatic rings. The molecule has 0 aliphatic carbocycles. The van der Waals surface area contributed by atoms with Crippen LogP contribution in [0.15, 0.2) is 43.0 Å². The summed E-state index contributed by atoms with van der Waals surface area (Å²) in [5.41, 5.74) is 3.42. The molecule has 0 spiro atoms. The molecule has 7 nitrogen and oxygen atoms in total. The van der Waals surface area contributed by atoms with E-state index in [1.54, 1.807) is 16.7 Å². The Kier molecular flexibility index (Phi) is 6.42. The van der Waals surface area contributed by atoms with Gasteiger partial charge in [-0.25, -0.2) is 0 Å². The molecule has 2 aromatic carbocycles. The molecule has 2 amide bonds. The summed E-state index contributed by atoms with van der Waals surface area (Å²) in [6.07, 6.45) is 3.39. The second kappa shape index (κ2) is 9.27. The van der Waals surface area contributed by atoms with Crippen molar-refractivity contribution >= 4 is 17.5 Å². The Bertz CT molecular complexity index is 1100. The molecule has 2 N–H and O–H groups in total. The molecule has 7 heteroatoms. The third-order valence-electron chi connectivity index (χ3n) is 6.77. The minimum Gasteiger partial charge on any atom is -0.508 e. The Hall–Kier alpha value is -3.32. The van der Waals surface area contributed by atoms with Crippen molar-refractivity contribution in [3.8, 4) is 11.5 Å². The number of anilines is 1. The van der Waals surface area contributed by atoms with Crippen LogP contribution in [0.2, 0.25) is 0 Å². The summed E-state index contributed by atoms with van der Waals surface area (Å²) in [6.45, 7) is 8.84. The molecule has 1 atom stereocenters. The third kappa shape index (κ3) is 4.59. The summed E-state index contributed by atoms with van der Waals surface area (Å²) in [4.78, 5) is 31.7. The lowest BCUT2D eigenvalue weighted by molar-refractivity contribution is -0.114. The predicted molar refractivity (Wildman–Crippen MR) is 127 cm³/mol. The molecular weight excluding hydrogens is 418 g/mol. The Morgan fingerprint density at radius 1 is 1.21 bits per heavy atom. The average molecular weight is 450 g/mol. The largest absolute Gasteiger partial charge is 0.508 e. The van der Waals surface area contributed by atoms with Gasteiger partial charge in [0.25, 0.3) is 5.91 Å². The minimum atomic E-state index is -0.312. The fourth-order valence-corrected chi connectivity index (χ4v) is 4.86. The summed E-state index contributed by atoms with van der Waals surface area (Å²) >= 11 is 0. The molecule has 1 saturated heterocycles. The third-order valence-corrected chi connectivity index (χ3v) is 6.77. The molecule has 4 rings (SSSR count). The minimum absolute atomic E-state index is 0.0527. The number of fused-ring (bicyclic) bond motifs is 1. The van der Waals surface area contributed by atoms with E-state index in [1.165, 1.54) is 18.2 Å². The first-order valence-corrected chi connectivity index (χ1v) is 11.3. The lowest BCUT2D eigenvalue weighted by atomic mass is 10.0. The Labute approximate surface area is 194 Å². The fourth-order valence-electron chi connectivity index (χ4n) is 4.86. The van der Waals surface area contributed by atoms with E-state index >= 15 is 0 Å². The topological polar surface area (TPSA) is 84.3 Å². The molecule has 1 unspecified atom stereocenters. The smallest absolute Gasteiger partial charge is 0.258 e. The van der Waals surface area contributed by atoms with Gasteiger partial charge < -0.3 is 24.9 Å². The van der Waals surface area contributed by atoms with E-state index in [-0.39, 0.29) is 28.9 Å². The molecule has 2 heterocycles. The number of phenolic OH excluding ortho intramolecular Hbond substituents is 2. The van der Waals surface area contributed by atoms with E-state index in [0.717, 1.165) is 42.7 Å². The highest BCUT2D eigenvalue weighted by Crippen LogP contribution is 2.35. The van der Waals surface area contributed by atoms with Crippen LogP contribution >= 0.6 is 0 Å². The van der Waals surface area contributed by atoms with Gasteiger partial charge in [0.1, 0.15) is 11.5 Å².